The Morgan fingerprint density at radius 2 is 1.81 bits per heavy atom. The van der Waals surface area contributed by atoms with Crippen LogP contribution in [-0.2, 0) is 11.2 Å². The zero-order valence-electron chi connectivity index (χ0n) is 12.8. The van der Waals surface area contributed by atoms with E-state index in [0.29, 0.717) is 6.61 Å². The number of ketones is 1. The highest BCUT2D eigenvalue weighted by atomic mass is 16.5. The second-order valence-electron chi connectivity index (χ2n) is 5.38. The molecule has 2 rings (SSSR count). The minimum absolute atomic E-state index is 0.0657. The lowest BCUT2D eigenvalue weighted by atomic mass is 10.0. The van der Waals surface area contributed by atoms with Crippen molar-refractivity contribution in [3.63, 3.8) is 0 Å². The maximum absolute atomic E-state index is 12.1. The first-order chi connectivity index (χ1) is 10.2. The molecule has 2 aromatic rings. The Hall–Kier alpha value is -1.93. The van der Waals surface area contributed by atoms with Gasteiger partial charge in [0, 0.05) is 12.2 Å². The van der Waals surface area contributed by atoms with Crippen molar-refractivity contribution in [2.45, 2.75) is 26.7 Å². The molecule has 0 unspecified atom stereocenters. The first-order valence-electron chi connectivity index (χ1n) is 7.39. The summed E-state index contributed by atoms with van der Waals surface area (Å²) in [4.78, 5) is 12.1. The van der Waals surface area contributed by atoms with Crippen LogP contribution in [0.3, 0.4) is 0 Å². The molecule has 0 aliphatic heterocycles. The predicted octanol–water partition coefficient (Wildman–Crippen LogP) is 4.14. The van der Waals surface area contributed by atoms with Crippen LogP contribution in [0.1, 0.15) is 33.5 Å². The molecule has 2 heteroatoms. The van der Waals surface area contributed by atoms with E-state index in [0.717, 1.165) is 29.5 Å². The van der Waals surface area contributed by atoms with Crippen molar-refractivity contribution in [3.05, 3.63) is 70.8 Å². The van der Waals surface area contributed by atoms with Gasteiger partial charge in [0.2, 0.25) is 0 Å². The number of Topliss-reactive ketones (excluding diaryl/α,β-unsaturated/α-hetero) is 1. The standard InChI is InChI=1S/C19H22O2/c1-15-10-11-16(2)18(13-15)19(20)14-21-12-6-9-17-7-4-3-5-8-17/h3-5,7-8,10-11,13H,6,9,12,14H2,1-2H3. The minimum Gasteiger partial charge on any atom is -0.373 e. The molecule has 0 aliphatic carbocycles. The van der Waals surface area contributed by atoms with Gasteiger partial charge in [-0.1, -0.05) is 48.0 Å². The van der Waals surface area contributed by atoms with Crippen LogP contribution in [0.2, 0.25) is 0 Å². The summed E-state index contributed by atoms with van der Waals surface area (Å²) in [5.41, 5.74) is 4.20. The number of hydrogen-bond acceptors (Lipinski definition) is 2. The third-order valence-electron chi connectivity index (χ3n) is 3.52. The molecule has 0 amide bonds. The number of benzene rings is 2. The summed E-state index contributed by atoms with van der Waals surface area (Å²) < 4.78 is 5.52. The fourth-order valence-corrected chi connectivity index (χ4v) is 2.30. The second-order valence-corrected chi connectivity index (χ2v) is 5.38. The molecule has 0 bridgehead atoms. The average Bonchev–Trinajstić information content (AvgIpc) is 2.50. The minimum atomic E-state index is 0.0657. The average molecular weight is 282 g/mol. The SMILES string of the molecule is Cc1ccc(C)c(C(=O)COCCCc2ccccc2)c1. The molecule has 21 heavy (non-hydrogen) atoms. The van der Waals surface area contributed by atoms with Gasteiger partial charge >= 0.3 is 0 Å². The van der Waals surface area contributed by atoms with Crippen molar-refractivity contribution in [3.8, 4) is 0 Å². The van der Waals surface area contributed by atoms with Crippen molar-refractivity contribution < 1.29 is 9.53 Å². The molecule has 0 spiro atoms. The van der Waals surface area contributed by atoms with E-state index in [9.17, 15) is 4.79 Å². The summed E-state index contributed by atoms with van der Waals surface area (Å²) in [5, 5.41) is 0. The Kier molecular flexibility index (Phi) is 5.70. The molecule has 0 saturated carbocycles. The van der Waals surface area contributed by atoms with Crippen molar-refractivity contribution in [2.75, 3.05) is 13.2 Å². The molecule has 0 heterocycles. The van der Waals surface area contributed by atoms with E-state index in [4.69, 9.17) is 4.74 Å². The number of ether oxygens (including phenoxy) is 1. The molecule has 0 aromatic heterocycles. The van der Waals surface area contributed by atoms with E-state index < -0.39 is 0 Å². The molecule has 0 saturated heterocycles. The van der Waals surface area contributed by atoms with Crippen LogP contribution in [0.5, 0.6) is 0 Å². The zero-order valence-corrected chi connectivity index (χ0v) is 12.8. The highest BCUT2D eigenvalue weighted by Crippen LogP contribution is 2.11. The Morgan fingerprint density at radius 1 is 1.05 bits per heavy atom. The van der Waals surface area contributed by atoms with Gasteiger partial charge in [-0.25, -0.2) is 0 Å². The van der Waals surface area contributed by atoms with E-state index in [2.05, 4.69) is 12.1 Å². The summed E-state index contributed by atoms with van der Waals surface area (Å²) >= 11 is 0. The second kappa shape index (κ2) is 7.75. The van der Waals surface area contributed by atoms with Gasteiger partial charge in [0.15, 0.2) is 5.78 Å². The van der Waals surface area contributed by atoms with Crippen LogP contribution in [0.25, 0.3) is 0 Å². The molecular weight excluding hydrogens is 260 g/mol. The van der Waals surface area contributed by atoms with Gasteiger partial charge in [-0.15, -0.1) is 0 Å². The molecule has 2 aromatic carbocycles. The normalized spacial score (nSPS) is 10.6. The topological polar surface area (TPSA) is 26.3 Å². The van der Waals surface area contributed by atoms with Crippen LogP contribution in [-0.4, -0.2) is 19.0 Å². The number of carbonyl (C=O) groups is 1. The quantitative estimate of drug-likeness (QED) is 0.563. The Balaban J connectivity index is 1.73. The molecule has 0 atom stereocenters. The summed E-state index contributed by atoms with van der Waals surface area (Å²) in [6, 6.07) is 16.3. The monoisotopic (exact) mass is 282 g/mol. The highest BCUT2D eigenvalue weighted by Gasteiger charge is 2.09. The number of hydrogen-bond donors (Lipinski definition) is 0. The van der Waals surface area contributed by atoms with E-state index in [1.54, 1.807) is 0 Å². The largest absolute Gasteiger partial charge is 0.373 e. The number of rotatable bonds is 7. The lowest BCUT2D eigenvalue weighted by Crippen LogP contribution is -2.11. The molecule has 0 aliphatic rings. The Morgan fingerprint density at radius 3 is 2.57 bits per heavy atom. The van der Waals surface area contributed by atoms with E-state index in [1.165, 1.54) is 5.56 Å². The zero-order chi connectivity index (χ0) is 15.1. The summed E-state index contributed by atoms with van der Waals surface area (Å²) in [5.74, 6) is 0.0657. The Bertz CT molecular complexity index is 588. The first-order valence-corrected chi connectivity index (χ1v) is 7.39. The lowest BCUT2D eigenvalue weighted by Gasteiger charge is -2.07. The molecule has 110 valence electrons. The number of aryl methyl sites for hydroxylation is 3. The molecule has 2 nitrogen and oxygen atoms in total. The van der Waals surface area contributed by atoms with Gasteiger partial charge in [0.25, 0.3) is 0 Å². The van der Waals surface area contributed by atoms with Gasteiger partial charge in [-0.2, -0.15) is 0 Å². The predicted molar refractivity (Wildman–Crippen MR) is 85.8 cm³/mol. The third kappa shape index (κ3) is 4.83. The maximum atomic E-state index is 12.1. The first kappa shape index (κ1) is 15.5. The van der Waals surface area contributed by atoms with Crippen LogP contribution in [0, 0.1) is 13.8 Å². The fourth-order valence-electron chi connectivity index (χ4n) is 2.30. The van der Waals surface area contributed by atoms with Gasteiger partial charge in [0.1, 0.15) is 6.61 Å². The van der Waals surface area contributed by atoms with E-state index in [1.807, 2.05) is 50.2 Å². The van der Waals surface area contributed by atoms with Crippen molar-refractivity contribution in [1.82, 2.24) is 0 Å². The molecular formula is C19H22O2. The molecule has 0 N–H and O–H groups in total. The molecule has 0 fully saturated rings. The van der Waals surface area contributed by atoms with Crippen molar-refractivity contribution >= 4 is 5.78 Å². The van der Waals surface area contributed by atoms with E-state index in [-0.39, 0.29) is 12.4 Å². The highest BCUT2D eigenvalue weighted by molar-refractivity contribution is 5.98. The summed E-state index contributed by atoms with van der Waals surface area (Å²) in [7, 11) is 0. The van der Waals surface area contributed by atoms with Gasteiger partial charge < -0.3 is 4.74 Å². The van der Waals surface area contributed by atoms with Gasteiger partial charge in [-0.05, 0) is 43.9 Å². The summed E-state index contributed by atoms with van der Waals surface area (Å²) in [6.07, 6.45) is 1.92. The van der Waals surface area contributed by atoms with Crippen LogP contribution >= 0.6 is 0 Å². The fraction of sp³-hybridized carbons (Fsp3) is 0.316. The molecule has 0 radical (unpaired) electrons. The third-order valence-corrected chi connectivity index (χ3v) is 3.52. The van der Waals surface area contributed by atoms with Gasteiger partial charge in [-0.3, -0.25) is 4.79 Å². The van der Waals surface area contributed by atoms with Crippen LogP contribution < -0.4 is 0 Å². The van der Waals surface area contributed by atoms with Crippen molar-refractivity contribution in [1.29, 1.82) is 0 Å². The number of carbonyl (C=O) groups excluding carboxylic acids is 1. The van der Waals surface area contributed by atoms with Crippen molar-refractivity contribution in [2.24, 2.45) is 0 Å². The smallest absolute Gasteiger partial charge is 0.188 e. The lowest BCUT2D eigenvalue weighted by molar-refractivity contribution is 0.0755. The van der Waals surface area contributed by atoms with Gasteiger partial charge in [0.05, 0.1) is 0 Å². The maximum Gasteiger partial charge on any atom is 0.188 e. The summed E-state index contributed by atoms with van der Waals surface area (Å²) in [6.45, 7) is 4.74. The van der Waals surface area contributed by atoms with Crippen LogP contribution in [0.15, 0.2) is 48.5 Å². The van der Waals surface area contributed by atoms with Crippen LogP contribution in [0.4, 0.5) is 0 Å². The van der Waals surface area contributed by atoms with E-state index >= 15 is 0 Å². The Labute approximate surface area is 126 Å².